The molecule has 8 nitrogen and oxygen atoms in total. The molecule has 1 fully saturated rings. The number of carbonyl (C=O) groups is 1. The van der Waals surface area contributed by atoms with Crippen molar-refractivity contribution in [3.8, 4) is 28.6 Å². The van der Waals surface area contributed by atoms with Crippen molar-refractivity contribution in [2.75, 3.05) is 34.5 Å². The molecule has 35 heavy (non-hydrogen) atoms. The van der Waals surface area contributed by atoms with Gasteiger partial charge in [0.1, 0.15) is 5.82 Å². The van der Waals surface area contributed by atoms with Crippen LogP contribution in [0.15, 0.2) is 40.9 Å². The van der Waals surface area contributed by atoms with Gasteiger partial charge in [-0.2, -0.15) is 0 Å². The van der Waals surface area contributed by atoms with Gasteiger partial charge in [0.25, 0.3) is 5.91 Å². The van der Waals surface area contributed by atoms with Crippen molar-refractivity contribution in [2.45, 2.75) is 32.4 Å². The van der Waals surface area contributed by atoms with Crippen LogP contribution in [-0.2, 0) is 11.3 Å². The highest BCUT2D eigenvalue weighted by Crippen LogP contribution is 2.38. The fourth-order valence-corrected chi connectivity index (χ4v) is 4.12. The van der Waals surface area contributed by atoms with Gasteiger partial charge in [0.2, 0.25) is 5.75 Å². The van der Waals surface area contributed by atoms with Gasteiger partial charge in [0.05, 0.1) is 27.4 Å². The summed E-state index contributed by atoms with van der Waals surface area (Å²) in [7, 11) is 4.62. The van der Waals surface area contributed by atoms with E-state index in [0.717, 1.165) is 18.4 Å². The first-order valence-corrected chi connectivity index (χ1v) is 11.4. The van der Waals surface area contributed by atoms with Crippen LogP contribution in [0.25, 0.3) is 11.3 Å². The summed E-state index contributed by atoms with van der Waals surface area (Å²) in [4.78, 5) is 15.2. The van der Waals surface area contributed by atoms with Gasteiger partial charge in [-0.1, -0.05) is 17.3 Å². The quantitative estimate of drug-likeness (QED) is 0.438. The smallest absolute Gasteiger partial charge is 0.276 e. The van der Waals surface area contributed by atoms with E-state index in [4.69, 9.17) is 23.5 Å². The van der Waals surface area contributed by atoms with Crippen molar-refractivity contribution in [1.82, 2.24) is 10.1 Å². The van der Waals surface area contributed by atoms with Crippen molar-refractivity contribution in [2.24, 2.45) is 0 Å². The minimum Gasteiger partial charge on any atom is -0.493 e. The Morgan fingerprint density at radius 2 is 1.86 bits per heavy atom. The number of methoxy groups -OCH3 is 3. The molecule has 0 saturated carbocycles. The number of ether oxygens (including phenoxy) is 4. The lowest BCUT2D eigenvalue weighted by atomic mass is 10.1. The Labute approximate surface area is 203 Å². The Balaban J connectivity index is 1.62. The zero-order valence-electron chi connectivity index (χ0n) is 20.3. The van der Waals surface area contributed by atoms with Crippen LogP contribution in [0.2, 0.25) is 0 Å². The van der Waals surface area contributed by atoms with Crippen molar-refractivity contribution in [3.63, 3.8) is 0 Å². The summed E-state index contributed by atoms with van der Waals surface area (Å²) in [6.07, 6.45) is 1.74. The molecule has 1 aliphatic rings. The molecule has 4 rings (SSSR count). The summed E-state index contributed by atoms with van der Waals surface area (Å²) in [5, 5.41) is 3.98. The molecule has 186 valence electrons. The molecular weight excluding hydrogens is 455 g/mol. The van der Waals surface area contributed by atoms with Crippen LogP contribution in [0, 0.1) is 12.7 Å². The maximum Gasteiger partial charge on any atom is 0.276 e. The van der Waals surface area contributed by atoms with Crippen molar-refractivity contribution < 1.29 is 32.7 Å². The highest BCUT2D eigenvalue weighted by molar-refractivity contribution is 5.93. The zero-order valence-corrected chi connectivity index (χ0v) is 20.3. The standard InChI is InChI=1S/C26H29FN2O6/c1-16-7-8-18(12-20(16)27)22-13-21(28-35-22)26(30)29(15-19-6-5-9-34-19)14-17-10-23(31-2)25(33-4)24(11-17)32-3/h7-8,10-13,19H,5-6,9,14-15H2,1-4H3. The van der Waals surface area contributed by atoms with Gasteiger partial charge in [0.15, 0.2) is 23.0 Å². The number of hydrogen-bond donors (Lipinski definition) is 0. The van der Waals surface area contributed by atoms with Crippen molar-refractivity contribution >= 4 is 5.91 Å². The monoisotopic (exact) mass is 484 g/mol. The van der Waals surface area contributed by atoms with Crippen LogP contribution >= 0.6 is 0 Å². The first-order chi connectivity index (χ1) is 16.9. The molecule has 1 amide bonds. The average molecular weight is 485 g/mol. The van der Waals surface area contributed by atoms with Crippen LogP contribution in [0.3, 0.4) is 0 Å². The minimum atomic E-state index is -0.353. The highest BCUT2D eigenvalue weighted by atomic mass is 19.1. The Morgan fingerprint density at radius 1 is 1.11 bits per heavy atom. The molecule has 2 heterocycles. The van der Waals surface area contributed by atoms with Crippen LogP contribution in [0.1, 0.15) is 34.5 Å². The lowest BCUT2D eigenvalue weighted by molar-refractivity contribution is 0.0499. The van der Waals surface area contributed by atoms with Gasteiger partial charge in [0, 0.05) is 31.3 Å². The fourth-order valence-electron chi connectivity index (χ4n) is 4.12. The second kappa shape index (κ2) is 10.8. The Bertz CT molecular complexity index is 1160. The van der Waals surface area contributed by atoms with E-state index >= 15 is 0 Å². The average Bonchev–Trinajstić information content (AvgIpc) is 3.57. The van der Waals surface area contributed by atoms with Gasteiger partial charge < -0.3 is 28.4 Å². The van der Waals surface area contributed by atoms with Crippen molar-refractivity contribution in [1.29, 1.82) is 0 Å². The Hall–Kier alpha value is -3.59. The summed E-state index contributed by atoms with van der Waals surface area (Å²) in [6.45, 7) is 3.00. The maximum atomic E-state index is 14.0. The third-order valence-electron chi connectivity index (χ3n) is 6.02. The van der Waals surface area contributed by atoms with E-state index in [2.05, 4.69) is 5.16 Å². The molecule has 0 N–H and O–H groups in total. The Kier molecular flexibility index (Phi) is 7.55. The first-order valence-electron chi connectivity index (χ1n) is 11.4. The largest absolute Gasteiger partial charge is 0.493 e. The number of halogens is 1. The maximum absolute atomic E-state index is 14.0. The lowest BCUT2D eigenvalue weighted by Crippen LogP contribution is -2.37. The first kappa shape index (κ1) is 24.5. The lowest BCUT2D eigenvalue weighted by Gasteiger charge is -2.25. The van der Waals surface area contributed by atoms with E-state index < -0.39 is 0 Å². The topological polar surface area (TPSA) is 83.3 Å². The van der Waals surface area contributed by atoms with Crippen LogP contribution in [-0.4, -0.2) is 56.5 Å². The molecule has 0 bridgehead atoms. The second-order valence-electron chi connectivity index (χ2n) is 8.39. The Morgan fingerprint density at radius 3 is 2.46 bits per heavy atom. The normalized spacial score (nSPS) is 15.2. The fraction of sp³-hybridized carbons (Fsp3) is 0.385. The number of aryl methyl sites for hydroxylation is 1. The molecule has 0 spiro atoms. The molecule has 1 saturated heterocycles. The SMILES string of the molecule is COc1cc(CN(CC2CCCO2)C(=O)c2cc(-c3ccc(C)c(F)c3)on2)cc(OC)c1OC. The number of nitrogens with zero attached hydrogens (tertiary/aromatic N) is 2. The van der Waals surface area contributed by atoms with E-state index in [9.17, 15) is 9.18 Å². The van der Waals surface area contributed by atoms with E-state index in [1.165, 1.54) is 19.2 Å². The molecule has 1 atom stereocenters. The van der Waals surface area contributed by atoms with E-state index in [-0.39, 0.29) is 30.1 Å². The van der Waals surface area contributed by atoms with E-state index in [0.29, 0.717) is 47.3 Å². The third-order valence-corrected chi connectivity index (χ3v) is 6.02. The van der Waals surface area contributed by atoms with Gasteiger partial charge in [-0.15, -0.1) is 0 Å². The molecule has 1 unspecified atom stereocenters. The van der Waals surface area contributed by atoms with Gasteiger partial charge >= 0.3 is 0 Å². The molecule has 0 aliphatic carbocycles. The molecule has 9 heteroatoms. The van der Waals surface area contributed by atoms with E-state index in [1.807, 2.05) is 0 Å². The summed E-state index contributed by atoms with van der Waals surface area (Å²) in [5.41, 5.74) is 1.95. The van der Waals surface area contributed by atoms with Crippen LogP contribution < -0.4 is 14.2 Å². The van der Waals surface area contributed by atoms with Crippen LogP contribution in [0.4, 0.5) is 4.39 Å². The summed E-state index contributed by atoms with van der Waals surface area (Å²) >= 11 is 0. The summed E-state index contributed by atoms with van der Waals surface area (Å²) < 4.78 is 41.5. The minimum absolute atomic E-state index is 0.0708. The second-order valence-corrected chi connectivity index (χ2v) is 8.39. The van der Waals surface area contributed by atoms with Gasteiger partial charge in [-0.25, -0.2) is 4.39 Å². The highest BCUT2D eigenvalue weighted by Gasteiger charge is 2.27. The number of benzene rings is 2. The van der Waals surface area contributed by atoms with Crippen LogP contribution in [0.5, 0.6) is 17.2 Å². The molecule has 1 aliphatic heterocycles. The number of carbonyl (C=O) groups excluding carboxylic acids is 1. The van der Waals surface area contributed by atoms with Gasteiger partial charge in [-0.05, 0) is 49.1 Å². The van der Waals surface area contributed by atoms with Crippen molar-refractivity contribution in [3.05, 3.63) is 59.0 Å². The summed E-state index contributed by atoms with van der Waals surface area (Å²) in [6, 6.07) is 9.89. The number of hydrogen-bond acceptors (Lipinski definition) is 7. The summed E-state index contributed by atoms with van der Waals surface area (Å²) in [5.74, 6) is 1.11. The number of aromatic nitrogens is 1. The van der Waals surface area contributed by atoms with Gasteiger partial charge in [-0.3, -0.25) is 4.79 Å². The predicted molar refractivity (Wildman–Crippen MR) is 126 cm³/mol. The molecule has 0 radical (unpaired) electrons. The zero-order chi connectivity index (χ0) is 24.9. The molecule has 2 aromatic carbocycles. The number of amides is 1. The number of rotatable bonds is 9. The molecular formula is C26H29FN2O6. The predicted octanol–water partition coefficient (Wildman–Crippen LogP) is 4.64. The molecule has 3 aromatic rings. The third kappa shape index (κ3) is 5.40. The van der Waals surface area contributed by atoms with E-state index in [1.54, 1.807) is 50.3 Å². The molecule has 1 aromatic heterocycles.